The average molecular weight is 327 g/mol. The number of halogens is 5. The summed E-state index contributed by atoms with van der Waals surface area (Å²) in [6.45, 7) is 0. The number of rotatable bonds is 4. The van der Waals surface area contributed by atoms with Crippen molar-refractivity contribution in [3.63, 3.8) is 0 Å². The van der Waals surface area contributed by atoms with E-state index >= 15 is 0 Å². The number of benzene rings is 1. The van der Waals surface area contributed by atoms with Crippen molar-refractivity contribution in [2.24, 2.45) is 0 Å². The van der Waals surface area contributed by atoms with Gasteiger partial charge in [-0.15, -0.1) is 24.8 Å². The first-order chi connectivity index (χ1) is 7.29. The second kappa shape index (κ2) is 7.70. The van der Waals surface area contributed by atoms with Crippen molar-refractivity contribution in [1.82, 2.24) is 0 Å². The van der Waals surface area contributed by atoms with Gasteiger partial charge in [0.25, 0.3) is 0 Å². The Bertz CT molecular complexity index is 434. The predicted molar refractivity (Wildman–Crippen MR) is 66.0 cm³/mol. The molecule has 0 aliphatic rings. The van der Waals surface area contributed by atoms with Crippen LogP contribution in [-0.2, 0) is 10.1 Å². The van der Waals surface area contributed by atoms with Crippen molar-refractivity contribution < 1.29 is 25.8 Å². The molecular weight excluding hydrogens is 316 g/mol. The normalized spacial score (nSPS) is 11.1. The maximum absolute atomic E-state index is 11.8. The lowest BCUT2D eigenvalue weighted by Gasteiger charge is -2.08. The zero-order valence-corrected chi connectivity index (χ0v) is 11.3. The highest BCUT2D eigenvalue weighted by atomic mass is 35.5. The van der Waals surface area contributed by atoms with Crippen molar-refractivity contribution in [3.05, 3.63) is 30.3 Å². The molecule has 0 fully saturated rings. The van der Waals surface area contributed by atoms with Gasteiger partial charge in [-0.1, -0.05) is 18.2 Å². The lowest BCUT2D eigenvalue weighted by Crippen LogP contribution is -2.20. The van der Waals surface area contributed by atoms with Gasteiger partial charge in [0.15, 0.2) is 0 Å². The van der Waals surface area contributed by atoms with Crippen molar-refractivity contribution in [2.45, 2.75) is 12.6 Å². The lowest BCUT2D eigenvalue weighted by molar-refractivity contribution is -0.130. The summed E-state index contributed by atoms with van der Waals surface area (Å²) in [4.78, 5) is 0. The van der Waals surface area contributed by atoms with Gasteiger partial charge in [0, 0.05) is 0 Å². The highest BCUT2D eigenvalue weighted by molar-refractivity contribution is 7.87. The van der Waals surface area contributed by atoms with Gasteiger partial charge in [0.1, 0.15) is 5.75 Å². The summed E-state index contributed by atoms with van der Waals surface area (Å²) in [7, 11) is -4.19. The highest BCUT2D eigenvalue weighted by Gasteiger charge is 2.30. The van der Waals surface area contributed by atoms with E-state index in [1.165, 1.54) is 24.3 Å². The van der Waals surface area contributed by atoms with Gasteiger partial charge in [-0.25, -0.2) is 0 Å². The molecule has 0 N–H and O–H groups in total. The molecule has 0 radical (unpaired) electrons. The Hall–Kier alpha value is -0.660. The van der Waals surface area contributed by atoms with E-state index in [1.807, 2.05) is 0 Å². The Morgan fingerprint density at radius 2 is 1.56 bits per heavy atom. The maximum Gasteiger partial charge on any atom is 0.390 e. The summed E-state index contributed by atoms with van der Waals surface area (Å²) in [6, 6.07) is 7.38. The second-order valence-electron chi connectivity index (χ2n) is 3.02. The van der Waals surface area contributed by atoms with E-state index in [-0.39, 0.29) is 30.6 Å². The van der Waals surface area contributed by atoms with Gasteiger partial charge in [0.05, 0.1) is 12.2 Å². The summed E-state index contributed by atoms with van der Waals surface area (Å²) < 4.78 is 62.1. The van der Waals surface area contributed by atoms with Crippen molar-refractivity contribution in [2.75, 3.05) is 5.75 Å². The molecule has 9 heteroatoms. The zero-order valence-electron chi connectivity index (χ0n) is 8.88. The first kappa shape index (κ1) is 19.7. The number of hydrogen-bond acceptors (Lipinski definition) is 3. The van der Waals surface area contributed by atoms with Crippen molar-refractivity contribution in [3.8, 4) is 5.75 Å². The summed E-state index contributed by atoms with van der Waals surface area (Å²) >= 11 is 0. The van der Waals surface area contributed by atoms with E-state index in [0.29, 0.717) is 0 Å². The number of para-hydroxylation sites is 1. The largest absolute Gasteiger partial charge is 0.390 e. The smallest absolute Gasteiger partial charge is 0.382 e. The summed E-state index contributed by atoms with van der Waals surface area (Å²) in [5, 5.41) is 0. The van der Waals surface area contributed by atoms with Gasteiger partial charge in [0.2, 0.25) is 0 Å². The minimum absolute atomic E-state index is 0. The van der Waals surface area contributed by atoms with Crippen LogP contribution in [0.3, 0.4) is 0 Å². The van der Waals surface area contributed by atoms with E-state index in [2.05, 4.69) is 4.18 Å². The van der Waals surface area contributed by atoms with Gasteiger partial charge in [-0.2, -0.15) is 21.6 Å². The van der Waals surface area contributed by atoms with Crippen LogP contribution in [-0.4, -0.2) is 20.3 Å². The number of alkyl halides is 3. The molecule has 18 heavy (non-hydrogen) atoms. The highest BCUT2D eigenvalue weighted by Crippen LogP contribution is 2.21. The van der Waals surface area contributed by atoms with Crippen LogP contribution in [0.5, 0.6) is 5.75 Å². The molecule has 0 heterocycles. The Morgan fingerprint density at radius 1 is 1.06 bits per heavy atom. The quantitative estimate of drug-likeness (QED) is 0.798. The van der Waals surface area contributed by atoms with Crippen LogP contribution in [0.1, 0.15) is 6.42 Å². The van der Waals surface area contributed by atoms with Crippen LogP contribution in [0.4, 0.5) is 13.2 Å². The molecule has 3 nitrogen and oxygen atoms in total. The third-order valence-electron chi connectivity index (χ3n) is 1.60. The van der Waals surface area contributed by atoms with E-state index in [0.717, 1.165) is 0 Å². The van der Waals surface area contributed by atoms with Crippen LogP contribution in [0.25, 0.3) is 0 Å². The molecule has 0 saturated heterocycles. The summed E-state index contributed by atoms with van der Waals surface area (Å²) in [5.41, 5.74) is 0. The van der Waals surface area contributed by atoms with Crippen LogP contribution in [0.2, 0.25) is 0 Å². The minimum atomic E-state index is -4.51. The molecule has 0 aromatic heterocycles. The molecule has 0 unspecified atom stereocenters. The molecule has 0 atom stereocenters. The van der Waals surface area contributed by atoms with Gasteiger partial charge >= 0.3 is 16.3 Å². The average Bonchev–Trinajstić information content (AvgIpc) is 2.15. The van der Waals surface area contributed by atoms with Gasteiger partial charge in [-0.3, -0.25) is 0 Å². The zero-order chi connectivity index (χ0) is 12.2. The summed E-state index contributed by atoms with van der Waals surface area (Å²) in [5.74, 6) is -1.07. The van der Waals surface area contributed by atoms with E-state index < -0.39 is 28.5 Å². The molecule has 1 aromatic carbocycles. The predicted octanol–water partition coefficient (Wildman–Crippen LogP) is 3.19. The first-order valence-electron chi connectivity index (χ1n) is 4.32. The topological polar surface area (TPSA) is 43.4 Å². The van der Waals surface area contributed by atoms with Gasteiger partial charge in [-0.05, 0) is 12.1 Å². The molecule has 1 aromatic rings. The minimum Gasteiger partial charge on any atom is -0.382 e. The molecule has 106 valence electrons. The second-order valence-corrected chi connectivity index (χ2v) is 4.71. The Morgan fingerprint density at radius 3 is 2.00 bits per heavy atom. The number of hydrogen-bond donors (Lipinski definition) is 0. The molecule has 0 spiro atoms. The molecule has 0 aliphatic carbocycles. The van der Waals surface area contributed by atoms with Gasteiger partial charge < -0.3 is 4.18 Å². The fraction of sp³-hybridized carbons (Fsp3) is 0.333. The Kier molecular flexibility index (Phi) is 8.42. The third kappa shape index (κ3) is 8.43. The maximum atomic E-state index is 11.8. The van der Waals surface area contributed by atoms with Crippen LogP contribution < -0.4 is 4.18 Å². The van der Waals surface area contributed by atoms with Crippen molar-refractivity contribution >= 4 is 34.9 Å². The molecule has 0 amide bonds. The van der Waals surface area contributed by atoms with Crippen LogP contribution in [0, 0.1) is 0 Å². The fourth-order valence-electron chi connectivity index (χ4n) is 0.905. The monoisotopic (exact) mass is 326 g/mol. The van der Waals surface area contributed by atoms with E-state index in [4.69, 9.17) is 0 Å². The standard InChI is InChI=1S/C9H9F3O3S.2ClH/c10-9(11,12)6-7-16(13,14)15-8-4-2-1-3-5-8;;/h1-5H,6-7H2;2*1H. The van der Waals surface area contributed by atoms with Crippen LogP contribution in [0.15, 0.2) is 30.3 Å². The molecule has 0 saturated carbocycles. The third-order valence-corrected chi connectivity index (χ3v) is 2.75. The van der Waals surface area contributed by atoms with Crippen LogP contribution >= 0.6 is 24.8 Å². The Balaban J connectivity index is 0. The first-order valence-corrected chi connectivity index (χ1v) is 5.90. The summed E-state index contributed by atoms with van der Waals surface area (Å²) in [6.07, 6.45) is -5.92. The molecule has 1 rings (SSSR count). The lowest BCUT2D eigenvalue weighted by atomic mass is 10.3. The van der Waals surface area contributed by atoms with Crippen molar-refractivity contribution in [1.29, 1.82) is 0 Å². The molecule has 0 bridgehead atoms. The Labute approximate surface area is 115 Å². The SMILES string of the molecule is Cl.Cl.O=S(=O)(CCC(F)(F)F)Oc1ccccc1. The molecule has 0 aliphatic heterocycles. The fourth-order valence-corrected chi connectivity index (χ4v) is 1.87. The van der Waals surface area contributed by atoms with E-state index in [1.54, 1.807) is 6.07 Å². The van der Waals surface area contributed by atoms with E-state index in [9.17, 15) is 21.6 Å². The molecular formula is C9H11Cl2F3O3S.